The van der Waals surface area contributed by atoms with Crippen molar-refractivity contribution >= 4 is 175 Å². The van der Waals surface area contributed by atoms with E-state index in [0.29, 0.717) is 0 Å². The number of hydrogen-bond donors (Lipinski definition) is 6. The van der Waals surface area contributed by atoms with Gasteiger partial charge in [-0.05, 0) is 0 Å². The summed E-state index contributed by atoms with van der Waals surface area (Å²) in [6.07, 6.45) is 0. The third-order valence-electron chi connectivity index (χ3n) is 0. The molecule has 0 unspecified atom stereocenters. The van der Waals surface area contributed by atoms with Crippen LogP contribution in [0.2, 0.25) is 0 Å². The fraction of sp³-hybridized carbons (Fsp3) is 0. The zero-order valence-electron chi connectivity index (χ0n) is 12.3. The summed E-state index contributed by atoms with van der Waals surface area (Å²) in [5.74, 6) is 0. The zero-order valence-corrected chi connectivity index (χ0v) is 24.9. The summed E-state index contributed by atoms with van der Waals surface area (Å²) in [6, 6.07) is 0. The van der Waals surface area contributed by atoms with Crippen molar-refractivity contribution in [2.45, 2.75) is 0 Å². The van der Waals surface area contributed by atoms with E-state index in [1.54, 1.807) is 0 Å². The van der Waals surface area contributed by atoms with Crippen molar-refractivity contribution in [1.82, 2.24) is 0 Å². The van der Waals surface area contributed by atoms with Gasteiger partial charge in [0, 0.05) is 0 Å². The molecule has 0 atom stereocenters. The summed E-state index contributed by atoms with van der Waals surface area (Å²) < 4.78 is 0.500. The van der Waals surface area contributed by atoms with Gasteiger partial charge in [-0.3, -0.25) is 0 Å². The molecule has 0 aliphatic carbocycles. The SMILES string of the molecule is NC(=S)[S-].NC(=S)[S-].NC(=S)[S-].NC(=S)[S-].NC(=S)[S-].NC(=S)[S-].[Cu+2].[Cu+2].[Cu+2]. The Bertz CT molecular complexity index is 281. The van der Waals surface area contributed by atoms with Crippen molar-refractivity contribution in [2.24, 2.45) is 34.4 Å². The Morgan fingerprint density at radius 3 is 0.333 bits per heavy atom. The Balaban J connectivity index is -0.0000000201. The third-order valence-corrected chi connectivity index (χ3v) is 0. The van der Waals surface area contributed by atoms with Crippen molar-refractivity contribution in [1.29, 1.82) is 0 Å². The summed E-state index contributed by atoms with van der Waals surface area (Å²) >= 11 is 49.6. The van der Waals surface area contributed by atoms with Gasteiger partial charge in [0.2, 0.25) is 0 Å². The van der Waals surface area contributed by atoms with Gasteiger partial charge in [-0.15, -0.1) is 0 Å². The summed E-state index contributed by atoms with van der Waals surface area (Å²) in [7, 11) is 0. The molecule has 0 bridgehead atoms. The fourth-order valence-corrected chi connectivity index (χ4v) is 0. The fourth-order valence-electron chi connectivity index (χ4n) is 0. The molecule has 0 aromatic rings. The molecule has 12 N–H and O–H groups in total. The molecular formula is C6H12Cu3N6S12. The smallest absolute Gasteiger partial charge is 0.415 e. The largest absolute Gasteiger partial charge is 2.00 e. The van der Waals surface area contributed by atoms with Gasteiger partial charge in [-0.2, -0.15) is 0 Å². The zero-order chi connectivity index (χ0) is 21.5. The second kappa shape index (κ2) is 51.1. The monoisotopic (exact) mass is 741 g/mol. The molecule has 171 valence electrons. The Morgan fingerprint density at radius 1 is 0.333 bits per heavy atom. The molecule has 6 nitrogen and oxygen atoms in total. The van der Waals surface area contributed by atoms with Crippen molar-refractivity contribution in [3.8, 4) is 0 Å². The van der Waals surface area contributed by atoms with Gasteiger partial charge in [0.1, 0.15) is 0 Å². The molecule has 0 aliphatic heterocycles. The third kappa shape index (κ3) is 3940. The van der Waals surface area contributed by atoms with Crippen LogP contribution in [0.25, 0.3) is 0 Å². The molecule has 0 aliphatic rings. The van der Waals surface area contributed by atoms with E-state index < -0.39 is 0 Å². The molecular weight excluding hydrogens is 732 g/mol. The van der Waals surface area contributed by atoms with Gasteiger partial charge in [0.25, 0.3) is 0 Å². The van der Waals surface area contributed by atoms with Gasteiger partial charge >= 0.3 is 51.2 Å². The number of hydrogen-bond acceptors (Lipinski definition) is 12. The van der Waals surface area contributed by atoms with E-state index in [1.165, 1.54) is 0 Å². The standard InChI is InChI=1S/6CH3NS2.3Cu/c6*2-1(3)4;;;/h6*(H3,2,3,4);;;/q;;;;;;3*+2/p-6. The van der Waals surface area contributed by atoms with Crippen LogP contribution in [0.4, 0.5) is 0 Å². The van der Waals surface area contributed by atoms with Crippen LogP contribution in [-0.4, -0.2) is 25.9 Å². The maximum atomic E-state index is 4.66. The molecule has 0 saturated heterocycles. The van der Waals surface area contributed by atoms with E-state index in [9.17, 15) is 0 Å². The second-order valence-electron chi connectivity index (χ2n) is 1.91. The Kier molecular flexibility index (Phi) is 108. The molecule has 0 saturated carbocycles. The van der Waals surface area contributed by atoms with E-state index >= 15 is 0 Å². The summed E-state index contributed by atoms with van der Waals surface area (Å²) in [5, 5.41) is 0. The molecule has 0 rings (SSSR count). The molecule has 27 heavy (non-hydrogen) atoms. The van der Waals surface area contributed by atoms with Crippen LogP contribution in [0, 0.1) is 0 Å². The molecule has 0 heterocycles. The van der Waals surface area contributed by atoms with Crippen LogP contribution in [0.3, 0.4) is 0 Å². The number of nitrogens with two attached hydrogens (primary N) is 6. The van der Waals surface area contributed by atoms with Crippen LogP contribution in [-0.2, 0) is 127 Å². The van der Waals surface area contributed by atoms with Crippen molar-refractivity contribution < 1.29 is 51.2 Å². The predicted molar refractivity (Wildman–Crippen MR) is 145 cm³/mol. The summed E-state index contributed by atoms with van der Waals surface area (Å²) in [5.41, 5.74) is 27.9. The average Bonchev–Trinajstić information content (AvgIpc) is 2.08. The Labute approximate surface area is 257 Å². The Morgan fingerprint density at radius 2 is 0.333 bits per heavy atom. The van der Waals surface area contributed by atoms with E-state index in [0.717, 1.165) is 0 Å². The summed E-state index contributed by atoms with van der Waals surface area (Å²) in [4.78, 5) is 0. The number of thiocarbonyl (C=S) groups is 6. The van der Waals surface area contributed by atoms with Gasteiger partial charge in [0.15, 0.2) is 0 Å². The van der Waals surface area contributed by atoms with Crippen LogP contribution >= 0.6 is 73.3 Å². The maximum Gasteiger partial charge on any atom is 2.00 e. The molecule has 0 fully saturated rings. The molecule has 0 aromatic carbocycles. The first-order valence-electron chi connectivity index (χ1n) is 4.18. The Hall–Kier alpha value is 2.22. The van der Waals surface area contributed by atoms with Gasteiger partial charge in [-0.25, -0.2) is 0 Å². The second-order valence-corrected chi connectivity index (χ2v) is 8.74. The minimum Gasteiger partial charge on any atom is -0.415 e. The topological polar surface area (TPSA) is 156 Å². The van der Waals surface area contributed by atoms with Gasteiger partial charge < -0.3 is 183 Å². The van der Waals surface area contributed by atoms with Crippen LogP contribution in [0.15, 0.2) is 0 Å². The predicted octanol–water partition coefficient (Wildman–Crippen LogP) is -1.35. The molecule has 0 aromatic heterocycles. The first-order chi connectivity index (χ1) is 10.4. The quantitative estimate of drug-likeness (QED) is 0.0984. The molecule has 3 radical (unpaired) electrons. The first kappa shape index (κ1) is 56.9. The van der Waals surface area contributed by atoms with Crippen molar-refractivity contribution in [2.75, 3.05) is 0 Å². The number of rotatable bonds is 0. The average molecular weight is 744 g/mol. The summed E-state index contributed by atoms with van der Waals surface area (Å²) in [6.45, 7) is 0. The van der Waals surface area contributed by atoms with Gasteiger partial charge in [-0.1, -0.05) is 25.9 Å². The minimum atomic E-state index is 0. The van der Waals surface area contributed by atoms with Crippen molar-refractivity contribution in [3.63, 3.8) is 0 Å². The molecule has 21 heteroatoms. The van der Waals surface area contributed by atoms with E-state index in [-0.39, 0.29) is 77.1 Å². The van der Waals surface area contributed by atoms with Crippen molar-refractivity contribution in [3.05, 3.63) is 0 Å². The molecule has 0 amide bonds. The maximum absolute atomic E-state index is 4.66. The minimum absolute atomic E-state index is 0. The first-order valence-corrected chi connectivity index (χ1v) is 9.08. The van der Waals surface area contributed by atoms with E-state index in [4.69, 9.17) is 0 Å². The van der Waals surface area contributed by atoms with Gasteiger partial charge in [0.05, 0.1) is 0 Å². The van der Waals surface area contributed by atoms with Crippen LogP contribution in [0.1, 0.15) is 0 Å². The van der Waals surface area contributed by atoms with E-state index in [1.807, 2.05) is 0 Å². The van der Waals surface area contributed by atoms with Crippen LogP contribution in [0.5, 0.6) is 0 Å². The molecule has 0 spiro atoms. The van der Waals surface area contributed by atoms with Crippen LogP contribution < -0.4 is 34.4 Å². The normalized spacial score (nSPS) is 5.33. The van der Waals surface area contributed by atoms with E-state index in [2.05, 4.69) is 183 Å².